The first-order valence-electron chi connectivity index (χ1n) is 9.65. The maximum atomic E-state index is 12.2. The molecule has 0 aromatic carbocycles. The number of anilines is 1. The van der Waals surface area contributed by atoms with E-state index in [2.05, 4.69) is 43.0 Å². The zero-order valence-electron chi connectivity index (χ0n) is 16.7. The van der Waals surface area contributed by atoms with Crippen molar-refractivity contribution in [3.63, 3.8) is 0 Å². The van der Waals surface area contributed by atoms with Gasteiger partial charge in [-0.25, -0.2) is 9.78 Å². The number of rotatable bonds is 2. The molecule has 1 fully saturated rings. The SMILES string of the molecule is CC1=CCC(C)N1c1cccc(C2CCN(C(=O)OC(C)(C)C)CC2)n1. The number of piperidine rings is 1. The van der Waals surface area contributed by atoms with Crippen LogP contribution in [0.2, 0.25) is 0 Å². The van der Waals surface area contributed by atoms with Gasteiger partial charge in [-0.15, -0.1) is 0 Å². The van der Waals surface area contributed by atoms with Crippen LogP contribution >= 0.6 is 0 Å². The van der Waals surface area contributed by atoms with Gasteiger partial charge in [0.15, 0.2) is 0 Å². The molecule has 1 atom stereocenters. The van der Waals surface area contributed by atoms with Crippen LogP contribution in [0.4, 0.5) is 10.6 Å². The molecule has 1 saturated heterocycles. The van der Waals surface area contributed by atoms with Crippen LogP contribution in [-0.4, -0.2) is 40.7 Å². The van der Waals surface area contributed by atoms with Gasteiger partial charge in [0.05, 0.1) is 0 Å². The first-order valence-corrected chi connectivity index (χ1v) is 9.65. The van der Waals surface area contributed by atoms with Crippen molar-refractivity contribution in [1.29, 1.82) is 0 Å². The molecular weight excluding hydrogens is 326 g/mol. The Hall–Kier alpha value is -2.04. The van der Waals surface area contributed by atoms with Gasteiger partial charge in [-0.2, -0.15) is 0 Å². The maximum Gasteiger partial charge on any atom is 0.410 e. The van der Waals surface area contributed by atoms with Crippen molar-refractivity contribution >= 4 is 11.9 Å². The highest BCUT2D eigenvalue weighted by molar-refractivity contribution is 5.68. The second-order valence-corrected chi connectivity index (χ2v) is 8.46. The molecule has 0 spiro atoms. The van der Waals surface area contributed by atoms with Gasteiger partial charge in [0.25, 0.3) is 0 Å². The van der Waals surface area contributed by atoms with E-state index in [9.17, 15) is 4.79 Å². The summed E-state index contributed by atoms with van der Waals surface area (Å²) < 4.78 is 5.49. The van der Waals surface area contributed by atoms with Gasteiger partial charge >= 0.3 is 6.09 Å². The van der Waals surface area contributed by atoms with Gasteiger partial charge < -0.3 is 14.5 Å². The predicted octanol–water partition coefficient (Wildman–Crippen LogP) is 4.70. The molecule has 3 heterocycles. The van der Waals surface area contributed by atoms with Crippen molar-refractivity contribution in [3.8, 4) is 0 Å². The minimum absolute atomic E-state index is 0.204. The van der Waals surface area contributed by atoms with E-state index < -0.39 is 5.60 Å². The third kappa shape index (κ3) is 4.19. The first kappa shape index (κ1) is 18.7. The maximum absolute atomic E-state index is 12.2. The van der Waals surface area contributed by atoms with Gasteiger partial charge in [0.1, 0.15) is 11.4 Å². The van der Waals surface area contributed by atoms with Gasteiger partial charge in [-0.1, -0.05) is 12.1 Å². The fourth-order valence-corrected chi connectivity index (χ4v) is 3.78. The Kier molecular flexibility index (Phi) is 5.26. The van der Waals surface area contributed by atoms with Crippen LogP contribution in [0.15, 0.2) is 30.0 Å². The lowest BCUT2D eigenvalue weighted by Gasteiger charge is -2.33. The molecule has 0 bridgehead atoms. The third-order valence-electron chi connectivity index (χ3n) is 5.14. The van der Waals surface area contributed by atoms with Crippen molar-refractivity contribution < 1.29 is 9.53 Å². The molecule has 0 radical (unpaired) electrons. The van der Waals surface area contributed by atoms with Crippen LogP contribution < -0.4 is 4.90 Å². The second-order valence-electron chi connectivity index (χ2n) is 8.46. The normalized spacial score (nSPS) is 21.7. The lowest BCUT2D eigenvalue weighted by molar-refractivity contribution is 0.0204. The summed E-state index contributed by atoms with van der Waals surface area (Å²) in [4.78, 5) is 21.3. The molecule has 2 aliphatic heterocycles. The molecule has 0 aliphatic carbocycles. The molecule has 2 aliphatic rings. The van der Waals surface area contributed by atoms with Crippen LogP contribution in [-0.2, 0) is 4.74 Å². The Balaban J connectivity index is 1.64. The van der Waals surface area contributed by atoms with E-state index in [0.717, 1.165) is 43.9 Å². The molecule has 3 rings (SSSR count). The van der Waals surface area contributed by atoms with E-state index in [-0.39, 0.29) is 6.09 Å². The number of nitrogens with zero attached hydrogens (tertiary/aromatic N) is 3. The molecule has 1 amide bonds. The van der Waals surface area contributed by atoms with Crippen molar-refractivity contribution in [1.82, 2.24) is 9.88 Å². The molecule has 142 valence electrons. The Morgan fingerprint density at radius 2 is 1.92 bits per heavy atom. The Morgan fingerprint density at radius 3 is 2.50 bits per heavy atom. The van der Waals surface area contributed by atoms with Crippen molar-refractivity contribution in [3.05, 3.63) is 35.7 Å². The number of hydrogen-bond acceptors (Lipinski definition) is 4. The number of amides is 1. The summed E-state index contributed by atoms with van der Waals surface area (Å²) in [6.07, 6.45) is 5.01. The molecular formula is C21H31N3O2. The molecule has 5 heteroatoms. The molecule has 1 aromatic rings. The van der Waals surface area contributed by atoms with E-state index in [1.807, 2.05) is 25.7 Å². The number of likely N-dealkylation sites (tertiary alicyclic amines) is 1. The summed E-state index contributed by atoms with van der Waals surface area (Å²) in [5.74, 6) is 1.44. The largest absolute Gasteiger partial charge is 0.444 e. The summed E-state index contributed by atoms with van der Waals surface area (Å²) in [5, 5.41) is 0. The van der Waals surface area contributed by atoms with Crippen LogP contribution in [0, 0.1) is 0 Å². The second kappa shape index (κ2) is 7.29. The van der Waals surface area contributed by atoms with Gasteiger partial charge in [0.2, 0.25) is 0 Å². The van der Waals surface area contributed by atoms with Crippen LogP contribution in [0.3, 0.4) is 0 Å². The lowest BCUT2D eigenvalue weighted by atomic mass is 9.93. The zero-order chi connectivity index (χ0) is 18.9. The Labute approximate surface area is 157 Å². The summed E-state index contributed by atoms with van der Waals surface area (Å²) in [5.41, 5.74) is 1.97. The molecule has 1 aromatic heterocycles. The first-order chi connectivity index (χ1) is 12.2. The van der Waals surface area contributed by atoms with E-state index >= 15 is 0 Å². The average Bonchev–Trinajstić information content (AvgIpc) is 2.92. The topological polar surface area (TPSA) is 45.7 Å². The summed E-state index contributed by atoms with van der Waals surface area (Å²) in [7, 11) is 0. The Bertz CT molecular complexity index is 685. The fraction of sp³-hybridized carbons (Fsp3) is 0.619. The standard InChI is InChI=1S/C21H31N3O2/c1-15-9-10-16(2)24(15)19-8-6-7-18(22-19)17-11-13-23(14-12-17)20(25)26-21(3,4)5/h6-9,16-17H,10-14H2,1-5H3. The minimum Gasteiger partial charge on any atom is -0.444 e. The van der Waals surface area contributed by atoms with E-state index in [4.69, 9.17) is 9.72 Å². The highest BCUT2D eigenvalue weighted by Crippen LogP contribution is 2.32. The third-order valence-corrected chi connectivity index (χ3v) is 5.14. The van der Waals surface area contributed by atoms with Crippen molar-refractivity contribution in [2.75, 3.05) is 18.0 Å². The lowest BCUT2D eigenvalue weighted by Crippen LogP contribution is -2.41. The van der Waals surface area contributed by atoms with E-state index in [1.165, 1.54) is 5.70 Å². The minimum atomic E-state index is -0.443. The number of aromatic nitrogens is 1. The van der Waals surface area contributed by atoms with E-state index in [1.54, 1.807) is 0 Å². The smallest absolute Gasteiger partial charge is 0.410 e. The summed E-state index contributed by atoms with van der Waals surface area (Å²) >= 11 is 0. The molecule has 1 unspecified atom stereocenters. The number of ether oxygens (including phenoxy) is 1. The van der Waals surface area contributed by atoms with E-state index in [0.29, 0.717) is 12.0 Å². The molecule has 0 saturated carbocycles. The van der Waals surface area contributed by atoms with Crippen LogP contribution in [0.25, 0.3) is 0 Å². The molecule has 5 nitrogen and oxygen atoms in total. The molecule has 0 N–H and O–H groups in total. The quantitative estimate of drug-likeness (QED) is 0.770. The fourth-order valence-electron chi connectivity index (χ4n) is 3.78. The van der Waals surface area contributed by atoms with Gasteiger partial charge in [0, 0.05) is 36.4 Å². The number of carbonyl (C=O) groups excluding carboxylic acids is 1. The van der Waals surface area contributed by atoms with Gasteiger partial charge in [-0.05, 0) is 66.0 Å². The zero-order valence-corrected chi connectivity index (χ0v) is 16.7. The number of hydrogen-bond donors (Lipinski definition) is 0. The van der Waals surface area contributed by atoms with Crippen LogP contribution in [0.5, 0.6) is 0 Å². The average molecular weight is 357 g/mol. The number of pyridine rings is 1. The van der Waals surface area contributed by atoms with Gasteiger partial charge in [-0.3, -0.25) is 0 Å². The number of carbonyl (C=O) groups is 1. The highest BCUT2D eigenvalue weighted by Gasteiger charge is 2.29. The predicted molar refractivity (Wildman–Crippen MR) is 104 cm³/mol. The monoisotopic (exact) mass is 357 g/mol. The molecule has 26 heavy (non-hydrogen) atoms. The number of allylic oxidation sites excluding steroid dienone is 1. The summed E-state index contributed by atoms with van der Waals surface area (Å²) in [6.45, 7) is 11.6. The van der Waals surface area contributed by atoms with Crippen molar-refractivity contribution in [2.24, 2.45) is 0 Å². The summed E-state index contributed by atoms with van der Waals surface area (Å²) in [6, 6.07) is 6.79. The Morgan fingerprint density at radius 1 is 1.23 bits per heavy atom. The van der Waals surface area contributed by atoms with Crippen LogP contribution in [0.1, 0.15) is 65.5 Å². The highest BCUT2D eigenvalue weighted by atomic mass is 16.6. The van der Waals surface area contributed by atoms with Crippen molar-refractivity contribution in [2.45, 2.75) is 71.4 Å².